The lowest BCUT2D eigenvalue weighted by Crippen LogP contribution is -1.79. The molecule has 3 aromatic rings. The van der Waals surface area contributed by atoms with Crippen molar-refractivity contribution in [3.05, 3.63) is 52.5 Å². The summed E-state index contributed by atoms with van der Waals surface area (Å²) in [6.07, 6.45) is 0.798. The summed E-state index contributed by atoms with van der Waals surface area (Å²) >= 11 is 3.46. The first kappa shape index (κ1) is 11.2. The topological polar surface area (TPSA) is 43.1 Å². The quantitative estimate of drug-likeness (QED) is 0.670. The summed E-state index contributed by atoms with van der Waals surface area (Å²) in [6, 6.07) is 12.9. The fraction of sp³-hybridized carbons (Fsp3) is 0. The van der Waals surface area contributed by atoms with Gasteiger partial charge in [0.05, 0.1) is 5.56 Å². The Bertz CT molecular complexity index is 733. The molecule has 0 aliphatic heterocycles. The molecular formula is C14H8BrNO2. The van der Waals surface area contributed by atoms with Crippen molar-refractivity contribution in [2.75, 3.05) is 0 Å². The summed E-state index contributed by atoms with van der Waals surface area (Å²) < 4.78 is 6.60. The highest BCUT2D eigenvalue weighted by molar-refractivity contribution is 9.10. The van der Waals surface area contributed by atoms with E-state index in [2.05, 4.69) is 20.9 Å². The Balaban J connectivity index is 2.19. The lowest BCUT2D eigenvalue weighted by molar-refractivity contribution is 0.112. The van der Waals surface area contributed by atoms with Crippen LogP contribution in [0.5, 0.6) is 0 Å². The SMILES string of the molecule is O=Cc1ccc2oc(-c3ccccc3Br)nc2c1. The number of carbonyl (C=O) groups excluding carboxylic acids is 1. The summed E-state index contributed by atoms with van der Waals surface area (Å²) in [4.78, 5) is 15.1. The number of hydrogen-bond donors (Lipinski definition) is 0. The van der Waals surface area contributed by atoms with Gasteiger partial charge in [-0.3, -0.25) is 4.79 Å². The highest BCUT2D eigenvalue weighted by Gasteiger charge is 2.10. The zero-order chi connectivity index (χ0) is 12.5. The van der Waals surface area contributed by atoms with Crippen LogP contribution in [-0.2, 0) is 0 Å². The Kier molecular flexibility index (Phi) is 2.72. The fourth-order valence-corrected chi connectivity index (χ4v) is 2.22. The largest absolute Gasteiger partial charge is 0.436 e. The first-order valence-electron chi connectivity index (χ1n) is 5.38. The summed E-state index contributed by atoms with van der Waals surface area (Å²) in [7, 11) is 0. The van der Waals surface area contributed by atoms with E-state index in [0.717, 1.165) is 16.3 Å². The van der Waals surface area contributed by atoms with Crippen molar-refractivity contribution in [2.24, 2.45) is 0 Å². The van der Waals surface area contributed by atoms with Crippen LogP contribution in [-0.4, -0.2) is 11.3 Å². The smallest absolute Gasteiger partial charge is 0.228 e. The molecule has 0 radical (unpaired) electrons. The Morgan fingerprint density at radius 2 is 2.00 bits per heavy atom. The number of nitrogens with zero attached hydrogens (tertiary/aromatic N) is 1. The van der Waals surface area contributed by atoms with Crippen LogP contribution in [0.2, 0.25) is 0 Å². The number of aldehydes is 1. The second kappa shape index (κ2) is 4.38. The number of hydrogen-bond acceptors (Lipinski definition) is 3. The number of halogens is 1. The number of fused-ring (bicyclic) bond motifs is 1. The van der Waals surface area contributed by atoms with Gasteiger partial charge in [0.15, 0.2) is 5.58 Å². The van der Waals surface area contributed by atoms with Crippen LogP contribution in [0.4, 0.5) is 0 Å². The van der Waals surface area contributed by atoms with E-state index in [1.807, 2.05) is 24.3 Å². The van der Waals surface area contributed by atoms with Crippen molar-refractivity contribution in [3.8, 4) is 11.5 Å². The summed E-state index contributed by atoms with van der Waals surface area (Å²) in [6.45, 7) is 0. The summed E-state index contributed by atoms with van der Waals surface area (Å²) in [5.74, 6) is 0.542. The average Bonchev–Trinajstić information content (AvgIpc) is 2.81. The molecule has 0 fully saturated rings. The van der Waals surface area contributed by atoms with Crippen LogP contribution in [0, 0.1) is 0 Å². The highest BCUT2D eigenvalue weighted by atomic mass is 79.9. The van der Waals surface area contributed by atoms with Gasteiger partial charge in [-0.05, 0) is 46.3 Å². The van der Waals surface area contributed by atoms with Gasteiger partial charge >= 0.3 is 0 Å². The van der Waals surface area contributed by atoms with E-state index in [0.29, 0.717) is 22.6 Å². The van der Waals surface area contributed by atoms with Crippen molar-refractivity contribution in [2.45, 2.75) is 0 Å². The standard InChI is InChI=1S/C14H8BrNO2/c15-11-4-2-1-3-10(11)14-16-12-7-9(8-17)5-6-13(12)18-14/h1-8H. The molecule has 0 atom stereocenters. The molecular weight excluding hydrogens is 294 g/mol. The van der Waals surface area contributed by atoms with Crippen LogP contribution in [0.3, 0.4) is 0 Å². The molecule has 0 N–H and O–H groups in total. The van der Waals surface area contributed by atoms with Crippen molar-refractivity contribution >= 4 is 33.3 Å². The third-order valence-corrected chi connectivity index (χ3v) is 3.34. The van der Waals surface area contributed by atoms with Crippen LogP contribution in [0.1, 0.15) is 10.4 Å². The van der Waals surface area contributed by atoms with Gasteiger partial charge in [0.2, 0.25) is 5.89 Å². The van der Waals surface area contributed by atoms with Gasteiger partial charge in [0, 0.05) is 10.0 Å². The van der Waals surface area contributed by atoms with Gasteiger partial charge in [-0.15, -0.1) is 0 Å². The van der Waals surface area contributed by atoms with Crippen LogP contribution in [0.15, 0.2) is 51.4 Å². The first-order chi connectivity index (χ1) is 8.78. The van der Waals surface area contributed by atoms with E-state index in [9.17, 15) is 4.79 Å². The molecule has 0 amide bonds. The Morgan fingerprint density at radius 1 is 1.17 bits per heavy atom. The number of benzene rings is 2. The molecule has 2 aromatic carbocycles. The van der Waals surface area contributed by atoms with E-state index in [4.69, 9.17) is 4.42 Å². The maximum absolute atomic E-state index is 10.7. The van der Waals surface area contributed by atoms with Gasteiger partial charge < -0.3 is 4.42 Å². The number of oxazole rings is 1. The summed E-state index contributed by atoms with van der Waals surface area (Å²) in [5.41, 5.74) is 2.84. The Morgan fingerprint density at radius 3 is 2.78 bits per heavy atom. The average molecular weight is 302 g/mol. The van der Waals surface area contributed by atoms with Gasteiger partial charge in [0.25, 0.3) is 0 Å². The number of aromatic nitrogens is 1. The van der Waals surface area contributed by atoms with E-state index < -0.39 is 0 Å². The minimum atomic E-state index is 0.542. The zero-order valence-electron chi connectivity index (χ0n) is 9.26. The summed E-state index contributed by atoms with van der Waals surface area (Å²) in [5, 5.41) is 0. The molecule has 0 unspecified atom stereocenters. The molecule has 3 rings (SSSR count). The zero-order valence-corrected chi connectivity index (χ0v) is 10.8. The van der Waals surface area contributed by atoms with E-state index in [1.54, 1.807) is 18.2 Å². The predicted octanol–water partition coefficient (Wildman–Crippen LogP) is 4.07. The monoisotopic (exact) mass is 301 g/mol. The molecule has 88 valence electrons. The minimum Gasteiger partial charge on any atom is -0.436 e. The molecule has 1 heterocycles. The van der Waals surface area contributed by atoms with Gasteiger partial charge in [-0.25, -0.2) is 4.98 Å². The van der Waals surface area contributed by atoms with Crippen LogP contribution < -0.4 is 0 Å². The molecule has 0 saturated carbocycles. The number of carbonyl (C=O) groups is 1. The van der Waals surface area contributed by atoms with E-state index in [-0.39, 0.29) is 0 Å². The normalized spacial score (nSPS) is 10.7. The maximum Gasteiger partial charge on any atom is 0.228 e. The van der Waals surface area contributed by atoms with E-state index >= 15 is 0 Å². The van der Waals surface area contributed by atoms with Crippen LogP contribution >= 0.6 is 15.9 Å². The fourth-order valence-electron chi connectivity index (χ4n) is 1.77. The van der Waals surface area contributed by atoms with Gasteiger partial charge in [0.1, 0.15) is 11.8 Å². The second-order valence-corrected chi connectivity index (χ2v) is 4.70. The third-order valence-electron chi connectivity index (χ3n) is 2.65. The lowest BCUT2D eigenvalue weighted by Gasteiger charge is -1.97. The highest BCUT2D eigenvalue weighted by Crippen LogP contribution is 2.30. The molecule has 3 nitrogen and oxygen atoms in total. The third kappa shape index (κ3) is 1.84. The molecule has 0 aliphatic rings. The van der Waals surface area contributed by atoms with Crippen molar-refractivity contribution in [1.29, 1.82) is 0 Å². The Hall–Kier alpha value is -1.94. The van der Waals surface area contributed by atoms with Gasteiger partial charge in [-0.2, -0.15) is 0 Å². The predicted molar refractivity (Wildman–Crippen MR) is 72.5 cm³/mol. The molecule has 0 bridgehead atoms. The van der Waals surface area contributed by atoms with Crippen molar-refractivity contribution in [3.63, 3.8) is 0 Å². The van der Waals surface area contributed by atoms with Crippen LogP contribution in [0.25, 0.3) is 22.6 Å². The first-order valence-corrected chi connectivity index (χ1v) is 6.18. The van der Waals surface area contributed by atoms with Gasteiger partial charge in [-0.1, -0.05) is 12.1 Å². The van der Waals surface area contributed by atoms with Crippen molar-refractivity contribution in [1.82, 2.24) is 4.98 Å². The number of rotatable bonds is 2. The second-order valence-electron chi connectivity index (χ2n) is 3.84. The molecule has 18 heavy (non-hydrogen) atoms. The molecule has 0 aliphatic carbocycles. The maximum atomic E-state index is 10.7. The minimum absolute atomic E-state index is 0.542. The molecule has 0 saturated heterocycles. The Labute approximate surface area is 112 Å². The molecule has 1 aromatic heterocycles. The van der Waals surface area contributed by atoms with E-state index in [1.165, 1.54) is 0 Å². The van der Waals surface area contributed by atoms with Crippen molar-refractivity contribution < 1.29 is 9.21 Å². The lowest BCUT2D eigenvalue weighted by atomic mass is 10.2. The molecule has 0 spiro atoms. The molecule has 4 heteroatoms.